The Labute approximate surface area is 97.3 Å². The maximum atomic E-state index is 4.20. The van der Waals surface area contributed by atoms with Crippen LogP contribution in [0, 0.1) is 6.92 Å². The highest BCUT2D eigenvalue weighted by molar-refractivity contribution is 9.10. The maximum absolute atomic E-state index is 4.20. The first-order valence-electron chi connectivity index (χ1n) is 4.70. The number of rotatable bonds is 2. The van der Waals surface area contributed by atoms with E-state index in [1.54, 1.807) is 6.20 Å². The van der Waals surface area contributed by atoms with Crippen molar-refractivity contribution < 1.29 is 0 Å². The molecule has 1 heterocycles. The second-order valence-electron chi connectivity index (χ2n) is 3.30. The van der Waals surface area contributed by atoms with Gasteiger partial charge >= 0.3 is 0 Å². The lowest BCUT2D eigenvalue weighted by Gasteiger charge is -2.08. The van der Waals surface area contributed by atoms with E-state index in [4.69, 9.17) is 0 Å². The van der Waals surface area contributed by atoms with E-state index >= 15 is 0 Å². The summed E-state index contributed by atoms with van der Waals surface area (Å²) in [6.45, 7) is 2.07. The van der Waals surface area contributed by atoms with Gasteiger partial charge in [0.2, 0.25) is 5.95 Å². The van der Waals surface area contributed by atoms with Gasteiger partial charge in [-0.25, -0.2) is 4.98 Å². The van der Waals surface area contributed by atoms with Gasteiger partial charge in [-0.1, -0.05) is 22.0 Å². The first-order chi connectivity index (χ1) is 7.22. The molecule has 0 saturated heterocycles. The van der Waals surface area contributed by atoms with Crippen LogP contribution < -0.4 is 5.32 Å². The third-order valence-corrected chi connectivity index (χ3v) is 3.15. The summed E-state index contributed by atoms with van der Waals surface area (Å²) in [6, 6.07) is 6.24. The van der Waals surface area contributed by atoms with Crippen LogP contribution in [0.25, 0.3) is 5.69 Å². The highest BCUT2D eigenvalue weighted by Crippen LogP contribution is 2.21. The van der Waals surface area contributed by atoms with Crippen molar-refractivity contribution in [1.82, 2.24) is 9.55 Å². The molecule has 78 valence electrons. The Bertz CT molecular complexity index is 476. The number of hydrogen-bond acceptors (Lipinski definition) is 2. The fourth-order valence-electron chi connectivity index (χ4n) is 1.43. The molecule has 2 rings (SSSR count). The number of aryl methyl sites for hydroxylation is 1. The average molecular weight is 266 g/mol. The molecule has 15 heavy (non-hydrogen) atoms. The van der Waals surface area contributed by atoms with Crippen LogP contribution in [-0.2, 0) is 0 Å². The summed E-state index contributed by atoms with van der Waals surface area (Å²) in [7, 11) is 1.86. The summed E-state index contributed by atoms with van der Waals surface area (Å²) in [4.78, 5) is 4.20. The van der Waals surface area contributed by atoms with E-state index in [1.165, 1.54) is 5.56 Å². The number of benzene rings is 1. The Kier molecular flexibility index (Phi) is 2.77. The van der Waals surface area contributed by atoms with Crippen LogP contribution in [0.3, 0.4) is 0 Å². The van der Waals surface area contributed by atoms with Gasteiger partial charge < -0.3 is 5.32 Å². The van der Waals surface area contributed by atoms with E-state index in [9.17, 15) is 0 Å². The molecule has 1 aromatic carbocycles. The van der Waals surface area contributed by atoms with E-state index in [-0.39, 0.29) is 0 Å². The summed E-state index contributed by atoms with van der Waals surface area (Å²) in [5, 5.41) is 3.04. The molecule has 0 fully saturated rings. The Balaban J connectivity index is 2.50. The molecule has 4 heteroatoms. The van der Waals surface area contributed by atoms with Crippen LogP contribution in [0.4, 0.5) is 5.95 Å². The van der Waals surface area contributed by atoms with Crippen LogP contribution in [0.15, 0.2) is 35.1 Å². The van der Waals surface area contributed by atoms with Gasteiger partial charge in [0.1, 0.15) is 0 Å². The quantitative estimate of drug-likeness (QED) is 0.905. The first-order valence-corrected chi connectivity index (χ1v) is 5.49. The van der Waals surface area contributed by atoms with Gasteiger partial charge in [0.05, 0.1) is 0 Å². The molecule has 2 aromatic rings. The standard InChI is InChI=1S/C11H12BrN3/c1-8-3-4-9(7-10(8)12)15-6-5-14-11(15)13-2/h3-7H,1-2H3,(H,13,14). The van der Waals surface area contributed by atoms with Crippen LogP contribution in [0.2, 0.25) is 0 Å². The van der Waals surface area contributed by atoms with E-state index in [2.05, 4.69) is 51.4 Å². The monoisotopic (exact) mass is 265 g/mol. The first kappa shape index (κ1) is 10.2. The molecular weight excluding hydrogens is 254 g/mol. The van der Waals surface area contributed by atoms with Gasteiger partial charge in [-0.05, 0) is 24.6 Å². The zero-order valence-electron chi connectivity index (χ0n) is 8.66. The summed E-state index contributed by atoms with van der Waals surface area (Å²) in [5.74, 6) is 0.839. The Morgan fingerprint density at radius 1 is 1.40 bits per heavy atom. The average Bonchev–Trinajstić information content (AvgIpc) is 2.70. The van der Waals surface area contributed by atoms with E-state index in [1.807, 2.05) is 17.8 Å². The number of imidazole rings is 1. The van der Waals surface area contributed by atoms with Crippen LogP contribution >= 0.6 is 15.9 Å². The molecule has 0 radical (unpaired) electrons. The fourth-order valence-corrected chi connectivity index (χ4v) is 1.80. The van der Waals surface area contributed by atoms with Crippen LogP contribution in [-0.4, -0.2) is 16.6 Å². The Hall–Kier alpha value is -1.29. The Morgan fingerprint density at radius 2 is 2.20 bits per heavy atom. The predicted molar refractivity (Wildman–Crippen MR) is 65.5 cm³/mol. The van der Waals surface area contributed by atoms with Gasteiger partial charge in [0.25, 0.3) is 0 Å². The molecule has 0 aliphatic rings. The topological polar surface area (TPSA) is 29.9 Å². The molecule has 3 nitrogen and oxygen atoms in total. The van der Waals surface area contributed by atoms with Crippen molar-refractivity contribution in [2.24, 2.45) is 0 Å². The van der Waals surface area contributed by atoms with E-state index in [0.717, 1.165) is 16.1 Å². The minimum Gasteiger partial charge on any atom is -0.358 e. The molecule has 1 N–H and O–H groups in total. The normalized spacial score (nSPS) is 10.3. The number of aromatic nitrogens is 2. The lowest BCUT2D eigenvalue weighted by atomic mass is 10.2. The Morgan fingerprint density at radius 3 is 2.87 bits per heavy atom. The molecule has 0 bridgehead atoms. The molecule has 0 aliphatic carbocycles. The van der Waals surface area contributed by atoms with E-state index in [0.29, 0.717) is 0 Å². The van der Waals surface area contributed by atoms with Crippen molar-refractivity contribution in [2.45, 2.75) is 6.92 Å². The molecular formula is C11H12BrN3. The van der Waals surface area contributed by atoms with Gasteiger partial charge in [0, 0.05) is 29.6 Å². The number of nitrogens with zero attached hydrogens (tertiary/aromatic N) is 2. The number of halogens is 1. The molecule has 0 spiro atoms. The SMILES string of the molecule is CNc1nccn1-c1ccc(C)c(Br)c1. The number of hydrogen-bond donors (Lipinski definition) is 1. The highest BCUT2D eigenvalue weighted by Gasteiger charge is 2.03. The van der Waals surface area contributed by atoms with Crippen LogP contribution in [0.5, 0.6) is 0 Å². The minimum absolute atomic E-state index is 0.839. The third-order valence-electron chi connectivity index (χ3n) is 2.30. The van der Waals surface area contributed by atoms with Crippen molar-refractivity contribution in [3.05, 3.63) is 40.6 Å². The van der Waals surface area contributed by atoms with Gasteiger partial charge in [-0.2, -0.15) is 0 Å². The van der Waals surface area contributed by atoms with Crippen molar-refractivity contribution in [3.63, 3.8) is 0 Å². The summed E-state index contributed by atoms with van der Waals surface area (Å²) >= 11 is 3.52. The van der Waals surface area contributed by atoms with Crippen molar-refractivity contribution in [2.75, 3.05) is 12.4 Å². The second-order valence-corrected chi connectivity index (χ2v) is 4.16. The van der Waals surface area contributed by atoms with Gasteiger partial charge in [-0.3, -0.25) is 4.57 Å². The predicted octanol–water partition coefficient (Wildman–Crippen LogP) is 2.98. The largest absolute Gasteiger partial charge is 0.358 e. The maximum Gasteiger partial charge on any atom is 0.207 e. The second kappa shape index (κ2) is 4.06. The minimum atomic E-state index is 0.839. The molecule has 0 saturated carbocycles. The number of nitrogens with one attached hydrogen (secondary N) is 1. The molecule has 0 unspecified atom stereocenters. The van der Waals surface area contributed by atoms with Crippen LogP contribution in [0.1, 0.15) is 5.56 Å². The summed E-state index contributed by atoms with van der Waals surface area (Å²) < 4.78 is 3.11. The molecule has 0 amide bonds. The van der Waals surface area contributed by atoms with Gasteiger partial charge in [0.15, 0.2) is 0 Å². The summed E-state index contributed by atoms with van der Waals surface area (Å²) in [6.07, 6.45) is 3.71. The third kappa shape index (κ3) is 1.90. The number of anilines is 1. The molecule has 0 atom stereocenters. The fraction of sp³-hybridized carbons (Fsp3) is 0.182. The molecule has 1 aromatic heterocycles. The van der Waals surface area contributed by atoms with Gasteiger partial charge in [-0.15, -0.1) is 0 Å². The van der Waals surface area contributed by atoms with E-state index < -0.39 is 0 Å². The lowest BCUT2D eigenvalue weighted by Crippen LogP contribution is -2.00. The lowest BCUT2D eigenvalue weighted by molar-refractivity contribution is 1.05. The zero-order valence-corrected chi connectivity index (χ0v) is 10.2. The van der Waals surface area contributed by atoms with Crippen molar-refractivity contribution in [1.29, 1.82) is 0 Å². The van der Waals surface area contributed by atoms with Crippen molar-refractivity contribution >= 4 is 21.9 Å². The zero-order chi connectivity index (χ0) is 10.8. The molecule has 0 aliphatic heterocycles. The highest BCUT2D eigenvalue weighted by atomic mass is 79.9. The smallest absolute Gasteiger partial charge is 0.207 e. The summed E-state index contributed by atoms with van der Waals surface area (Å²) in [5.41, 5.74) is 2.32. The van der Waals surface area contributed by atoms with Crippen molar-refractivity contribution in [3.8, 4) is 5.69 Å².